The van der Waals surface area contributed by atoms with Crippen molar-refractivity contribution in [1.82, 2.24) is 30.4 Å². The first-order valence-electron chi connectivity index (χ1n) is 24.1. The molecule has 72 heavy (non-hydrogen) atoms. The third-order valence-electron chi connectivity index (χ3n) is 12.8. The molecule has 0 radical (unpaired) electrons. The van der Waals surface area contributed by atoms with Gasteiger partial charge in [-0.25, -0.2) is 0 Å². The molecule has 0 spiro atoms. The molecule has 16 heteroatoms. The van der Waals surface area contributed by atoms with Gasteiger partial charge in [-0.15, -0.1) is 0 Å². The molecule has 2 aromatic carbocycles. The second-order valence-electron chi connectivity index (χ2n) is 21.6. The highest BCUT2D eigenvalue weighted by Gasteiger charge is 2.43. The molecular weight excluding hydrogens is 909 g/mol. The van der Waals surface area contributed by atoms with Crippen molar-refractivity contribution in [1.29, 1.82) is 0 Å². The number of benzene rings is 2. The Labute approximate surface area is 423 Å². The van der Waals surface area contributed by atoms with E-state index < -0.39 is 76.1 Å². The van der Waals surface area contributed by atoms with Crippen LogP contribution < -0.4 is 20.4 Å². The lowest BCUT2D eigenvalue weighted by Crippen LogP contribution is -2.55. The zero-order valence-corrected chi connectivity index (χ0v) is 43.1. The highest BCUT2D eigenvalue weighted by molar-refractivity contribution is 6.09. The molecule has 0 aliphatic carbocycles. The second kappa shape index (κ2) is 21.8. The number of anilines is 2. The Morgan fingerprint density at radius 2 is 1.18 bits per heavy atom. The molecule has 2 aliphatic heterocycles. The Hall–Kier alpha value is -7.62. The van der Waals surface area contributed by atoms with Crippen molar-refractivity contribution in [2.45, 2.75) is 128 Å². The third kappa shape index (κ3) is 12.6. The summed E-state index contributed by atoms with van der Waals surface area (Å²) < 4.78 is 0. The predicted molar refractivity (Wildman–Crippen MR) is 281 cm³/mol. The smallest absolute Gasteiger partial charge is 0.254 e. The number of aliphatic imine (C=N–C) groups is 2. The SMILES string of the molecule is C=CC(=O)N1C=NC(C(=O)N(c2ccc(C(C)(C)CCC(C)(C)NC(=O)C(c3cccnc3)N(C(=O)C3CN=CN3C(=O)C=C)c3ccc(C(C)(C)C)cc3)cc2)C(C(=O)NC(C)(C)C)c2cccnc2)C1. The molecule has 6 amide bonds. The molecule has 2 aromatic heterocycles. The summed E-state index contributed by atoms with van der Waals surface area (Å²) in [5.41, 5.74) is 1.69. The maximum Gasteiger partial charge on any atom is 0.254 e. The van der Waals surface area contributed by atoms with Crippen molar-refractivity contribution in [2.24, 2.45) is 9.98 Å². The Morgan fingerprint density at radius 3 is 1.67 bits per heavy atom. The van der Waals surface area contributed by atoms with Crippen molar-refractivity contribution in [3.63, 3.8) is 0 Å². The fourth-order valence-corrected chi connectivity index (χ4v) is 8.67. The maximum absolute atomic E-state index is 15.0. The second-order valence-corrected chi connectivity index (χ2v) is 21.6. The number of pyridine rings is 2. The lowest BCUT2D eigenvalue weighted by molar-refractivity contribution is -0.132. The van der Waals surface area contributed by atoms with Crippen LogP contribution in [-0.4, -0.2) is 104 Å². The van der Waals surface area contributed by atoms with E-state index in [-0.39, 0.29) is 18.5 Å². The largest absolute Gasteiger partial charge is 0.349 e. The summed E-state index contributed by atoms with van der Waals surface area (Å²) in [5.74, 6) is -2.75. The molecule has 16 nitrogen and oxygen atoms in total. The van der Waals surface area contributed by atoms with E-state index in [9.17, 15) is 24.0 Å². The molecular formula is C56H68N10O6. The van der Waals surface area contributed by atoms with E-state index in [1.54, 1.807) is 61.2 Å². The van der Waals surface area contributed by atoms with Crippen molar-refractivity contribution >= 4 is 59.5 Å². The first-order valence-corrected chi connectivity index (χ1v) is 24.1. The van der Waals surface area contributed by atoms with E-state index in [1.165, 1.54) is 32.3 Å². The zero-order chi connectivity index (χ0) is 52.8. The molecule has 0 saturated heterocycles. The lowest BCUT2D eigenvalue weighted by atomic mass is 9.77. The monoisotopic (exact) mass is 977 g/mol. The summed E-state index contributed by atoms with van der Waals surface area (Å²) in [7, 11) is 0. The van der Waals surface area contributed by atoms with Crippen LogP contribution in [0.5, 0.6) is 0 Å². The summed E-state index contributed by atoms with van der Waals surface area (Å²) >= 11 is 0. The molecule has 4 heterocycles. The van der Waals surface area contributed by atoms with Gasteiger partial charge in [-0.1, -0.05) is 84.2 Å². The normalized spacial score (nSPS) is 16.6. The quantitative estimate of drug-likeness (QED) is 0.103. The van der Waals surface area contributed by atoms with Crippen molar-refractivity contribution in [2.75, 3.05) is 22.9 Å². The van der Waals surface area contributed by atoms with Crippen molar-refractivity contribution < 1.29 is 28.8 Å². The minimum Gasteiger partial charge on any atom is -0.349 e. The van der Waals surface area contributed by atoms with Gasteiger partial charge in [0.05, 0.1) is 25.8 Å². The van der Waals surface area contributed by atoms with Crippen LogP contribution in [0.4, 0.5) is 11.4 Å². The fourth-order valence-electron chi connectivity index (χ4n) is 8.67. The minimum absolute atomic E-state index is 0.00988. The molecule has 2 aliphatic rings. The molecule has 378 valence electrons. The number of nitrogens with one attached hydrogen (secondary N) is 2. The molecule has 4 aromatic rings. The maximum atomic E-state index is 15.0. The standard InChI is InChI=1S/C56H68N10O6/c1-13-45(67)63-34-43(60-36-63)51(71)65(47(37-17-15-29-57-31-37)49(69)61-54(6,7)8)41-25-21-40(22-26-41)55(9,10)27-28-56(11,12)62-50(70)48(38-18-16-30-58-32-38)66(42-23-19-39(20-24-42)53(3,4)5)52(72)44-33-59-35-64(44)46(68)14-2/h13-26,29-32,35-36,43-44,47-48H,1-2,27-28,33-34H2,3-12H3,(H,61,69)(H,62,70). The Bertz CT molecular complexity index is 2710. The number of aromatic nitrogens is 2. The first kappa shape index (κ1) is 53.7. The van der Waals surface area contributed by atoms with Gasteiger partial charge in [0, 0.05) is 58.4 Å². The number of carbonyl (C=O) groups is 6. The molecule has 0 fully saturated rings. The van der Waals surface area contributed by atoms with Crippen LogP contribution in [-0.2, 0) is 39.6 Å². The van der Waals surface area contributed by atoms with Gasteiger partial charge in [-0.05, 0) is 118 Å². The van der Waals surface area contributed by atoms with Gasteiger partial charge < -0.3 is 10.6 Å². The molecule has 4 atom stereocenters. The zero-order valence-electron chi connectivity index (χ0n) is 43.1. The van der Waals surface area contributed by atoms with E-state index in [2.05, 4.69) is 78.4 Å². The Morgan fingerprint density at radius 1 is 0.667 bits per heavy atom. The number of carbonyl (C=O) groups excluding carboxylic acids is 6. The van der Waals surface area contributed by atoms with Crippen molar-refractivity contribution in [3.05, 3.63) is 145 Å². The minimum atomic E-state index is -1.19. The van der Waals surface area contributed by atoms with Gasteiger partial charge in [0.15, 0.2) is 0 Å². The summed E-state index contributed by atoms with van der Waals surface area (Å²) in [6.45, 7) is 27.1. The topological polar surface area (TPSA) is 190 Å². The Balaban J connectivity index is 1.29. The highest BCUT2D eigenvalue weighted by Crippen LogP contribution is 2.37. The van der Waals surface area contributed by atoms with Crippen LogP contribution in [0.2, 0.25) is 0 Å². The van der Waals surface area contributed by atoms with Crippen LogP contribution in [0.25, 0.3) is 0 Å². The summed E-state index contributed by atoms with van der Waals surface area (Å²) in [6.07, 6.45) is 12.3. The van der Waals surface area contributed by atoms with Crippen LogP contribution in [0.1, 0.15) is 116 Å². The number of hydrogen-bond acceptors (Lipinski definition) is 10. The summed E-state index contributed by atoms with van der Waals surface area (Å²) in [6, 6.07) is 17.5. The number of rotatable bonds is 17. The van der Waals surface area contributed by atoms with Gasteiger partial charge in [0.2, 0.25) is 11.8 Å². The van der Waals surface area contributed by atoms with Crippen LogP contribution >= 0.6 is 0 Å². The molecule has 4 unspecified atom stereocenters. The fraction of sp³-hybridized carbons (Fsp3) is 0.393. The number of amides is 6. The van der Waals surface area contributed by atoms with Crippen LogP contribution in [0.3, 0.4) is 0 Å². The van der Waals surface area contributed by atoms with E-state index in [0.717, 1.165) is 23.3 Å². The third-order valence-corrected chi connectivity index (χ3v) is 12.8. The Kier molecular flexibility index (Phi) is 16.3. The predicted octanol–water partition coefficient (Wildman–Crippen LogP) is 7.34. The first-order chi connectivity index (χ1) is 33.9. The molecule has 6 rings (SSSR count). The average Bonchev–Trinajstić information content (AvgIpc) is 4.05. The number of hydrogen-bond donors (Lipinski definition) is 2. The van der Waals surface area contributed by atoms with Gasteiger partial charge in [0.25, 0.3) is 23.6 Å². The average molecular weight is 977 g/mol. The summed E-state index contributed by atoms with van der Waals surface area (Å²) in [4.78, 5) is 107. The van der Waals surface area contributed by atoms with Gasteiger partial charge in [-0.3, -0.25) is 68.3 Å². The van der Waals surface area contributed by atoms with Crippen molar-refractivity contribution in [3.8, 4) is 0 Å². The molecule has 2 N–H and O–H groups in total. The summed E-state index contributed by atoms with van der Waals surface area (Å²) in [5, 5.41) is 6.31. The molecule has 0 saturated carbocycles. The molecule has 0 bridgehead atoms. The van der Waals surface area contributed by atoms with E-state index >= 15 is 4.79 Å². The highest BCUT2D eigenvalue weighted by atomic mass is 16.2. The van der Waals surface area contributed by atoms with E-state index in [4.69, 9.17) is 0 Å². The van der Waals surface area contributed by atoms with Crippen LogP contribution in [0, 0.1) is 0 Å². The van der Waals surface area contributed by atoms with E-state index in [1.807, 2.05) is 71.0 Å². The lowest BCUT2D eigenvalue weighted by Gasteiger charge is -2.38. The van der Waals surface area contributed by atoms with Gasteiger partial charge >= 0.3 is 0 Å². The van der Waals surface area contributed by atoms with Gasteiger partial charge in [0.1, 0.15) is 24.2 Å². The van der Waals surface area contributed by atoms with E-state index in [0.29, 0.717) is 35.3 Å². The number of nitrogens with zero attached hydrogens (tertiary/aromatic N) is 8. The van der Waals surface area contributed by atoms with Gasteiger partial charge in [-0.2, -0.15) is 0 Å². The van der Waals surface area contributed by atoms with Crippen LogP contribution in [0.15, 0.2) is 133 Å².